The minimum absolute atomic E-state index is 0.264. The number of carbonyl (C=O) groups is 1. The normalized spacial score (nSPS) is 15.9. The van der Waals surface area contributed by atoms with E-state index < -0.39 is 11.6 Å². The van der Waals surface area contributed by atoms with Crippen molar-refractivity contribution in [3.63, 3.8) is 0 Å². The van der Waals surface area contributed by atoms with Crippen molar-refractivity contribution in [2.24, 2.45) is 0 Å². The van der Waals surface area contributed by atoms with Gasteiger partial charge >= 0.3 is 6.03 Å². The molecule has 0 spiro atoms. The third kappa shape index (κ3) is 3.86. The van der Waals surface area contributed by atoms with Gasteiger partial charge in [-0.05, 0) is 37.1 Å². The topological polar surface area (TPSA) is 83.6 Å². The number of benzene rings is 1. The van der Waals surface area contributed by atoms with E-state index in [0.717, 1.165) is 18.6 Å². The minimum Gasteiger partial charge on any atom is -0.349 e. The lowest BCUT2D eigenvalue weighted by molar-refractivity contribution is 0.230. The number of nitrogens with zero attached hydrogens (tertiary/aromatic N) is 7. The van der Waals surface area contributed by atoms with Gasteiger partial charge in [-0.2, -0.15) is 10.2 Å². The van der Waals surface area contributed by atoms with Crippen molar-refractivity contribution in [2.45, 2.75) is 18.9 Å². The molecule has 33 heavy (non-hydrogen) atoms. The fourth-order valence-electron chi connectivity index (χ4n) is 4.06. The third-order valence-electron chi connectivity index (χ3n) is 5.69. The number of carbonyl (C=O) groups excluding carboxylic acids is 1. The highest BCUT2D eigenvalue weighted by Gasteiger charge is 2.30. The lowest BCUT2D eigenvalue weighted by Crippen LogP contribution is -2.27. The van der Waals surface area contributed by atoms with E-state index in [0.29, 0.717) is 41.4 Å². The Morgan fingerprint density at radius 1 is 1.18 bits per heavy atom. The lowest BCUT2D eigenvalue weighted by Gasteiger charge is -2.26. The Kier molecular flexibility index (Phi) is 5.15. The van der Waals surface area contributed by atoms with E-state index in [1.54, 1.807) is 41.9 Å². The van der Waals surface area contributed by atoms with Gasteiger partial charge in [0.1, 0.15) is 23.1 Å². The number of aromatic nitrogens is 5. The summed E-state index contributed by atoms with van der Waals surface area (Å²) in [5.41, 5.74) is 2.03. The van der Waals surface area contributed by atoms with Gasteiger partial charge in [-0.1, -0.05) is 0 Å². The van der Waals surface area contributed by atoms with Crippen LogP contribution < -0.4 is 10.2 Å². The number of hydrogen-bond donors (Lipinski definition) is 1. The first kappa shape index (κ1) is 20.9. The Hall–Kier alpha value is -4.02. The molecular formula is C22H22F2N8O. The molecule has 2 amide bonds. The highest BCUT2D eigenvalue weighted by Crippen LogP contribution is 2.37. The molecule has 0 unspecified atom stereocenters. The minimum atomic E-state index is -0.462. The van der Waals surface area contributed by atoms with Crippen molar-refractivity contribution in [1.29, 1.82) is 0 Å². The number of rotatable bonds is 4. The number of halogens is 2. The van der Waals surface area contributed by atoms with Crippen LogP contribution in [-0.2, 0) is 0 Å². The number of amides is 2. The highest BCUT2D eigenvalue weighted by atomic mass is 19.1. The second-order valence-electron chi connectivity index (χ2n) is 8.10. The lowest BCUT2D eigenvalue weighted by atomic mass is 10.0. The molecule has 1 N–H and O–H groups in total. The van der Waals surface area contributed by atoms with Crippen LogP contribution >= 0.6 is 0 Å². The highest BCUT2D eigenvalue weighted by molar-refractivity contribution is 5.88. The molecule has 1 aromatic carbocycles. The predicted molar refractivity (Wildman–Crippen MR) is 118 cm³/mol. The molecule has 0 radical (unpaired) electrons. The van der Waals surface area contributed by atoms with Crippen LogP contribution in [0.4, 0.5) is 25.1 Å². The van der Waals surface area contributed by atoms with E-state index in [2.05, 4.69) is 15.5 Å². The molecule has 11 heteroatoms. The standard InChI is InChI=1S/C22H22F2N8O/c1-29(2)22(33)27-15-11-25-32(13-15)19-12-26-31-9-7-20(28-21(19)31)30-8-3-4-18(30)16-10-14(23)5-6-17(16)24/h5-7,9-13,18H,3-4,8H2,1-2H3,(H,27,33)/t18-/m1/s1. The smallest absolute Gasteiger partial charge is 0.321 e. The molecule has 1 aliphatic rings. The zero-order valence-electron chi connectivity index (χ0n) is 18.1. The van der Waals surface area contributed by atoms with Gasteiger partial charge in [-0.3, -0.25) is 0 Å². The van der Waals surface area contributed by atoms with Gasteiger partial charge in [0.05, 0.1) is 30.3 Å². The van der Waals surface area contributed by atoms with Crippen LogP contribution in [0.25, 0.3) is 11.3 Å². The van der Waals surface area contributed by atoms with Crippen LogP contribution in [0.3, 0.4) is 0 Å². The quantitative estimate of drug-likeness (QED) is 0.511. The van der Waals surface area contributed by atoms with E-state index in [1.165, 1.54) is 17.2 Å². The summed E-state index contributed by atoms with van der Waals surface area (Å²) in [5, 5.41) is 11.4. The Morgan fingerprint density at radius 3 is 2.85 bits per heavy atom. The molecule has 0 bridgehead atoms. The van der Waals surface area contributed by atoms with Gasteiger partial charge in [-0.15, -0.1) is 0 Å². The molecule has 9 nitrogen and oxygen atoms in total. The van der Waals surface area contributed by atoms with Crippen LogP contribution in [-0.4, -0.2) is 55.9 Å². The summed E-state index contributed by atoms with van der Waals surface area (Å²) in [6.07, 6.45) is 8.16. The zero-order valence-corrected chi connectivity index (χ0v) is 18.1. The second kappa shape index (κ2) is 8.15. The van der Waals surface area contributed by atoms with Crippen LogP contribution in [0, 0.1) is 11.6 Å². The number of fused-ring (bicyclic) bond motifs is 1. The summed E-state index contributed by atoms with van der Waals surface area (Å²) in [4.78, 5) is 20.1. The van der Waals surface area contributed by atoms with Crippen LogP contribution in [0.5, 0.6) is 0 Å². The van der Waals surface area contributed by atoms with Crippen molar-refractivity contribution in [3.8, 4) is 5.69 Å². The number of urea groups is 1. The van der Waals surface area contributed by atoms with Crippen molar-refractivity contribution < 1.29 is 13.6 Å². The number of hydrogen-bond acceptors (Lipinski definition) is 5. The van der Waals surface area contributed by atoms with Crippen molar-refractivity contribution >= 4 is 23.2 Å². The van der Waals surface area contributed by atoms with E-state index in [9.17, 15) is 13.6 Å². The summed E-state index contributed by atoms with van der Waals surface area (Å²) in [5.74, 6) is -0.248. The zero-order chi connectivity index (χ0) is 23.1. The fourth-order valence-corrected chi connectivity index (χ4v) is 4.06. The maximum Gasteiger partial charge on any atom is 0.321 e. The molecule has 1 fully saturated rings. The molecule has 1 atom stereocenters. The molecule has 170 valence electrons. The molecular weight excluding hydrogens is 430 g/mol. The molecule has 1 aliphatic heterocycles. The van der Waals surface area contributed by atoms with Gasteiger partial charge in [-0.25, -0.2) is 27.8 Å². The predicted octanol–water partition coefficient (Wildman–Crippen LogP) is 3.63. The Labute approximate surface area is 188 Å². The van der Waals surface area contributed by atoms with Crippen LogP contribution in [0.2, 0.25) is 0 Å². The number of nitrogens with one attached hydrogen (secondary N) is 1. The van der Waals surface area contributed by atoms with Crippen LogP contribution in [0.1, 0.15) is 24.4 Å². The van der Waals surface area contributed by atoms with Gasteiger partial charge in [0.25, 0.3) is 0 Å². The van der Waals surface area contributed by atoms with Gasteiger partial charge < -0.3 is 15.1 Å². The molecule has 4 aromatic rings. The van der Waals surface area contributed by atoms with E-state index in [4.69, 9.17) is 4.98 Å². The molecule has 3 aromatic heterocycles. The first-order valence-electron chi connectivity index (χ1n) is 10.5. The average Bonchev–Trinajstić information content (AvgIpc) is 3.53. The van der Waals surface area contributed by atoms with Crippen LogP contribution in [0.15, 0.2) is 49.1 Å². The van der Waals surface area contributed by atoms with Crippen molar-refractivity contribution in [2.75, 3.05) is 30.9 Å². The van der Waals surface area contributed by atoms with E-state index in [1.807, 2.05) is 11.0 Å². The maximum absolute atomic E-state index is 14.5. The molecule has 0 aliphatic carbocycles. The monoisotopic (exact) mass is 452 g/mol. The first-order valence-corrected chi connectivity index (χ1v) is 10.5. The Bertz CT molecular complexity index is 1330. The van der Waals surface area contributed by atoms with Gasteiger partial charge in [0.15, 0.2) is 5.65 Å². The molecule has 5 rings (SSSR count). The van der Waals surface area contributed by atoms with Gasteiger partial charge in [0, 0.05) is 32.4 Å². The molecule has 0 saturated carbocycles. The summed E-state index contributed by atoms with van der Waals surface area (Å²) >= 11 is 0. The SMILES string of the molecule is CN(C)C(=O)Nc1cnn(-c2cnn3ccc(N4CCC[C@@H]4c4cc(F)ccc4F)nc23)c1. The third-order valence-corrected chi connectivity index (χ3v) is 5.69. The summed E-state index contributed by atoms with van der Waals surface area (Å²) < 4.78 is 31.5. The largest absolute Gasteiger partial charge is 0.349 e. The summed E-state index contributed by atoms with van der Waals surface area (Å²) in [6, 6.07) is 4.79. The van der Waals surface area contributed by atoms with E-state index >= 15 is 0 Å². The molecule has 4 heterocycles. The second-order valence-corrected chi connectivity index (χ2v) is 8.10. The molecule has 1 saturated heterocycles. The Balaban J connectivity index is 1.48. The van der Waals surface area contributed by atoms with E-state index in [-0.39, 0.29) is 12.1 Å². The van der Waals surface area contributed by atoms with Crippen molar-refractivity contribution in [1.82, 2.24) is 29.3 Å². The van der Waals surface area contributed by atoms with Crippen molar-refractivity contribution in [3.05, 3.63) is 66.3 Å². The fraction of sp³-hybridized carbons (Fsp3) is 0.273. The average molecular weight is 452 g/mol. The van der Waals surface area contributed by atoms with Gasteiger partial charge in [0.2, 0.25) is 0 Å². The summed E-state index contributed by atoms with van der Waals surface area (Å²) in [7, 11) is 3.30. The Morgan fingerprint density at radius 2 is 2.03 bits per heavy atom. The first-order chi connectivity index (χ1) is 15.9. The summed E-state index contributed by atoms with van der Waals surface area (Å²) in [6.45, 7) is 0.676. The number of anilines is 2. The maximum atomic E-state index is 14.5.